The SMILES string of the molecule is COc1cc(Br)ccc1C(=O)C(=O)O. The zero-order valence-corrected chi connectivity index (χ0v) is 8.87. The maximum absolute atomic E-state index is 11.1. The molecule has 0 aliphatic carbocycles. The zero-order valence-electron chi connectivity index (χ0n) is 7.28. The predicted molar refractivity (Wildman–Crippen MR) is 52.7 cm³/mol. The molecule has 74 valence electrons. The van der Waals surface area contributed by atoms with Crippen LogP contribution in [0.3, 0.4) is 0 Å². The first-order valence-corrected chi connectivity index (χ1v) is 4.46. The number of ether oxygens (including phenoxy) is 1. The van der Waals surface area contributed by atoms with Crippen LogP contribution in [0.15, 0.2) is 22.7 Å². The van der Waals surface area contributed by atoms with Gasteiger partial charge in [0.15, 0.2) is 0 Å². The van der Waals surface area contributed by atoms with Crippen molar-refractivity contribution < 1.29 is 19.4 Å². The van der Waals surface area contributed by atoms with Crippen LogP contribution in [0.2, 0.25) is 0 Å². The smallest absolute Gasteiger partial charge is 0.377 e. The molecule has 1 rings (SSSR count). The van der Waals surface area contributed by atoms with E-state index < -0.39 is 11.8 Å². The third-order valence-corrected chi connectivity index (χ3v) is 2.10. The number of carboxylic acids is 1. The van der Waals surface area contributed by atoms with Crippen LogP contribution < -0.4 is 4.74 Å². The van der Waals surface area contributed by atoms with E-state index in [2.05, 4.69) is 15.9 Å². The van der Waals surface area contributed by atoms with Crippen LogP contribution in [0.1, 0.15) is 10.4 Å². The van der Waals surface area contributed by atoms with Gasteiger partial charge in [-0.1, -0.05) is 15.9 Å². The van der Waals surface area contributed by atoms with E-state index in [-0.39, 0.29) is 11.3 Å². The standard InChI is InChI=1S/C9H7BrO4/c1-14-7-4-5(10)2-3-6(7)8(11)9(12)13/h2-4H,1H3,(H,12,13). The van der Waals surface area contributed by atoms with Gasteiger partial charge in [-0.15, -0.1) is 0 Å². The highest BCUT2D eigenvalue weighted by atomic mass is 79.9. The molecule has 4 nitrogen and oxygen atoms in total. The summed E-state index contributed by atoms with van der Waals surface area (Å²) in [7, 11) is 1.38. The minimum absolute atomic E-state index is 0.0446. The molecule has 0 radical (unpaired) electrons. The lowest BCUT2D eigenvalue weighted by molar-refractivity contribution is -0.131. The second-order valence-electron chi connectivity index (χ2n) is 2.48. The van der Waals surface area contributed by atoms with Crippen LogP contribution in [-0.2, 0) is 4.79 Å². The van der Waals surface area contributed by atoms with Crippen molar-refractivity contribution in [2.75, 3.05) is 7.11 Å². The normalized spacial score (nSPS) is 9.57. The fraction of sp³-hybridized carbons (Fsp3) is 0.111. The van der Waals surface area contributed by atoms with Crippen molar-refractivity contribution in [1.29, 1.82) is 0 Å². The number of methoxy groups -OCH3 is 1. The molecule has 0 aliphatic heterocycles. The third kappa shape index (κ3) is 2.11. The zero-order chi connectivity index (χ0) is 10.7. The molecule has 0 aromatic heterocycles. The number of rotatable bonds is 3. The van der Waals surface area contributed by atoms with Crippen LogP contribution >= 0.6 is 15.9 Å². The number of halogens is 1. The average Bonchev–Trinajstić information content (AvgIpc) is 2.16. The summed E-state index contributed by atoms with van der Waals surface area (Å²) >= 11 is 3.18. The van der Waals surface area contributed by atoms with Crippen molar-refractivity contribution in [3.8, 4) is 5.75 Å². The van der Waals surface area contributed by atoms with Crippen molar-refractivity contribution in [3.05, 3.63) is 28.2 Å². The summed E-state index contributed by atoms with van der Waals surface area (Å²) < 4.78 is 5.60. The second-order valence-corrected chi connectivity index (χ2v) is 3.39. The number of hydrogen-bond acceptors (Lipinski definition) is 3. The van der Waals surface area contributed by atoms with Crippen molar-refractivity contribution in [2.24, 2.45) is 0 Å². The number of Topliss-reactive ketones (excluding diaryl/α,β-unsaturated/α-hetero) is 1. The highest BCUT2D eigenvalue weighted by Crippen LogP contribution is 2.23. The highest BCUT2D eigenvalue weighted by molar-refractivity contribution is 9.10. The van der Waals surface area contributed by atoms with Crippen LogP contribution in [0, 0.1) is 0 Å². The Morgan fingerprint density at radius 3 is 2.57 bits per heavy atom. The van der Waals surface area contributed by atoms with Gasteiger partial charge in [-0.25, -0.2) is 4.79 Å². The van der Waals surface area contributed by atoms with Gasteiger partial charge in [0, 0.05) is 4.47 Å². The van der Waals surface area contributed by atoms with E-state index in [4.69, 9.17) is 9.84 Å². The number of benzene rings is 1. The number of carbonyl (C=O) groups is 2. The van der Waals surface area contributed by atoms with Gasteiger partial charge in [-0.3, -0.25) is 4.79 Å². The minimum atomic E-state index is -1.49. The Kier molecular flexibility index (Phi) is 3.24. The predicted octanol–water partition coefficient (Wildman–Crippen LogP) is 1.72. The fourth-order valence-corrected chi connectivity index (χ4v) is 1.31. The maximum Gasteiger partial charge on any atom is 0.377 e. The summed E-state index contributed by atoms with van der Waals surface area (Å²) in [5.41, 5.74) is 0.0446. The van der Waals surface area contributed by atoms with Crippen molar-refractivity contribution >= 4 is 27.7 Å². The minimum Gasteiger partial charge on any atom is -0.496 e. The lowest BCUT2D eigenvalue weighted by atomic mass is 10.1. The Morgan fingerprint density at radius 1 is 1.43 bits per heavy atom. The first-order chi connectivity index (χ1) is 6.56. The van der Waals surface area contributed by atoms with Crippen LogP contribution in [0.25, 0.3) is 0 Å². The molecule has 0 aliphatic rings. The summed E-state index contributed by atoms with van der Waals surface area (Å²) in [6, 6.07) is 4.52. The third-order valence-electron chi connectivity index (χ3n) is 1.60. The maximum atomic E-state index is 11.1. The van der Waals surface area contributed by atoms with E-state index >= 15 is 0 Å². The molecule has 0 fully saturated rings. The number of carboxylic acid groups (broad SMARTS) is 1. The van der Waals surface area contributed by atoms with Gasteiger partial charge in [0.05, 0.1) is 12.7 Å². The molecule has 14 heavy (non-hydrogen) atoms. The number of hydrogen-bond donors (Lipinski definition) is 1. The Morgan fingerprint density at radius 2 is 2.07 bits per heavy atom. The van der Waals surface area contributed by atoms with Gasteiger partial charge in [-0.2, -0.15) is 0 Å². The molecule has 0 amide bonds. The molecular weight excluding hydrogens is 252 g/mol. The van der Waals surface area contributed by atoms with Crippen molar-refractivity contribution in [3.63, 3.8) is 0 Å². The van der Waals surface area contributed by atoms with Crippen LogP contribution in [0.5, 0.6) is 5.75 Å². The van der Waals surface area contributed by atoms with Gasteiger partial charge >= 0.3 is 5.97 Å². The molecular formula is C9H7BrO4. The number of ketones is 1. The first-order valence-electron chi connectivity index (χ1n) is 3.67. The summed E-state index contributed by atoms with van der Waals surface area (Å²) in [5.74, 6) is -2.23. The van der Waals surface area contributed by atoms with E-state index in [1.165, 1.54) is 19.2 Å². The lowest BCUT2D eigenvalue weighted by Crippen LogP contribution is -2.13. The molecule has 0 unspecified atom stereocenters. The fourth-order valence-electron chi connectivity index (χ4n) is 0.968. The van der Waals surface area contributed by atoms with E-state index in [1.807, 2.05) is 0 Å². The number of carbonyl (C=O) groups excluding carboxylic acids is 1. The highest BCUT2D eigenvalue weighted by Gasteiger charge is 2.18. The van der Waals surface area contributed by atoms with Crippen molar-refractivity contribution in [2.45, 2.75) is 0 Å². The summed E-state index contributed by atoms with van der Waals surface area (Å²) in [6.07, 6.45) is 0. The molecule has 0 bridgehead atoms. The van der Waals surface area contributed by atoms with E-state index in [9.17, 15) is 9.59 Å². The van der Waals surface area contributed by atoms with Gasteiger partial charge in [0.2, 0.25) is 0 Å². The Labute approximate surface area is 88.6 Å². The average molecular weight is 259 g/mol. The topological polar surface area (TPSA) is 63.6 Å². The summed E-state index contributed by atoms with van der Waals surface area (Å²) in [4.78, 5) is 21.6. The lowest BCUT2D eigenvalue weighted by Gasteiger charge is -2.05. The number of aliphatic carboxylic acids is 1. The van der Waals surface area contributed by atoms with E-state index in [1.54, 1.807) is 6.07 Å². The van der Waals surface area contributed by atoms with Crippen molar-refractivity contribution in [1.82, 2.24) is 0 Å². The van der Waals surface area contributed by atoms with Gasteiger partial charge in [-0.05, 0) is 18.2 Å². The largest absolute Gasteiger partial charge is 0.496 e. The summed E-state index contributed by atoms with van der Waals surface area (Å²) in [6.45, 7) is 0. The quantitative estimate of drug-likeness (QED) is 0.663. The van der Waals surface area contributed by atoms with Crippen LogP contribution in [0.4, 0.5) is 0 Å². The Hall–Kier alpha value is -1.36. The molecule has 1 aromatic rings. The molecule has 0 atom stereocenters. The van der Waals surface area contributed by atoms with Crippen LogP contribution in [-0.4, -0.2) is 24.0 Å². The molecule has 0 spiro atoms. The molecule has 0 saturated carbocycles. The monoisotopic (exact) mass is 258 g/mol. The van der Waals surface area contributed by atoms with E-state index in [0.717, 1.165) is 4.47 Å². The molecule has 1 aromatic carbocycles. The van der Waals surface area contributed by atoms with E-state index in [0.29, 0.717) is 0 Å². The molecule has 0 heterocycles. The van der Waals surface area contributed by atoms with Gasteiger partial charge in [0.1, 0.15) is 5.75 Å². The first kappa shape index (κ1) is 10.7. The second kappa shape index (κ2) is 4.23. The molecule has 5 heteroatoms. The molecule has 0 saturated heterocycles. The van der Waals surface area contributed by atoms with Gasteiger partial charge < -0.3 is 9.84 Å². The van der Waals surface area contributed by atoms with Gasteiger partial charge in [0.25, 0.3) is 5.78 Å². The Balaban J connectivity index is 3.20. The Bertz CT molecular complexity index is 386. The molecule has 1 N–H and O–H groups in total. The summed E-state index contributed by atoms with van der Waals surface area (Å²) in [5, 5.41) is 8.51.